The average Bonchev–Trinajstić information content (AvgIpc) is 3.36. The monoisotopic (exact) mass is 413 g/mol. The molecule has 150 valence electrons. The van der Waals surface area contributed by atoms with Crippen molar-refractivity contribution in [3.63, 3.8) is 0 Å². The minimum atomic E-state index is -0.602. The van der Waals surface area contributed by atoms with Crippen molar-refractivity contribution in [3.8, 4) is 11.4 Å². The first-order valence-electron chi connectivity index (χ1n) is 9.39. The molecule has 4 aromatic rings. The Hall–Kier alpha value is -3.13. The number of nitrogen functional groups attached to an aromatic ring is 1. The number of fused-ring (bicyclic) bond motifs is 2. The first-order valence-corrected chi connectivity index (χ1v) is 9.77. The Morgan fingerprint density at radius 1 is 1.28 bits per heavy atom. The Labute approximate surface area is 171 Å². The predicted molar refractivity (Wildman–Crippen MR) is 111 cm³/mol. The van der Waals surface area contributed by atoms with Gasteiger partial charge in [-0.15, -0.1) is 0 Å². The summed E-state index contributed by atoms with van der Waals surface area (Å²) in [4.78, 5) is 26.3. The van der Waals surface area contributed by atoms with Gasteiger partial charge in [-0.1, -0.05) is 30.9 Å². The number of carboxylic acid groups (broad SMARTS) is 1. The van der Waals surface area contributed by atoms with Crippen LogP contribution in [0.1, 0.15) is 32.1 Å². The quantitative estimate of drug-likeness (QED) is 0.435. The van der Waals surface area contributed by atoms with E-state index in [-0.39, 0.29) is 5.92 Å². The van der Waals surface area contributed by atoms with Crippen LogP contribution in [0.2, 0.25) is 5.02 Å². The zero-order chi connectivity index (χ0) is 20.4. The van der Waals surface area contributed by atoms with Gasteiger partial charge in [0.25, 0.3) is 0 Å². The second kappa shape index (κ2) is 8.08. The molecule has 9 heteroatoms. The summed E-state index contributed by atoms with van der Waals surface area (Å²) in [5, 5.41) is 9.94. The number of H-pyrrole nitrogens is 1. The molecule has 4 aromatic heterocycles. The van der Waals surface area contributed by atoms with E-state index in [9.17, 15) is 4.79 Å². The molecule has 0 unspecified atom stereocenters. The average molecular weight is 414 g/mol. The zero-order valence-corrected chi connectivity index (χ0v) is 16.3. The van der Waals surface area contributed by atoms with Gasteiger partial charge >= 0.3 is 5.97 Å². The second-order valence-electron chi connectivity index (χ2n) is 6.99. The first-order chi connectivity index (χ1) is 14.0. The number of carbonyl (C=O) groups is 1. The molecule has 0 spiro atoms. The number of halogens is 1. The van der Waals surface area contributed by atoms with E-state index in [1.165, 1.54) is 12.7 Å². The lowest BCUT2D eigenvalue weighted by Crippen LogP contribution is -2.16. The molecule has 0 aromatic carbocycles. The van der Waals surface area contributed by atoms with E-state index in [0.717, 1.165) is 42.3 Å². The molecule has 0 amide bonds. The summed E-state index contributed by atoms with van der Waals surface area (Å²) in [6.07, 6.45) is 10.1. The SMILES string of the molecule is Nc1nc(-c2c[nH]c3ncc(Cl)cc23)nc2ccoc12.O=C(O)C1CCCCC1. The molecule has 1 aliphatic carbocycles. The Morgan fingerprint density at radius 2 is 2.07 bits per heavy atom. The number of anilines is 1. The van der Waals surface area contributed by atoms with E-state index in [0.29, 0.717) is 27.8 Å². The molecule has 0 aliphatic heterocycles. The standard InChI is InChI=1S/C13H8ClN5O.C7H12O2/c14-6-3-7-8(5-17-12(7)16-4-6)13-18-9-1-2-20-10(9)11(15)19-13;8-7(9)6-4-2-1-3-5-6/h1-5H,(H,16,17)(H2,15,18,19);6H,1-5H2,(H,8,9). The van der Waals surface area contributed by atoms with Crippen molar-refractivity contribution in [2.75, 3.05) is 5.73 Å². The zero-order valence-electron chi connectivity index (χ0n) is 15.6. The van der Waals surface area contributed by atoms with E-state index in [1.54, 1.807) is 18.5 Å². The third-order valence-electron chi connectivity index (χ3n) is 5.02. The number of aromatic nitrogens is 4. The number of hydrogen-bond donors (Lipinski definition) is 3. The van der Waals surface area contributed by atoms with E-state index < -0.39 is 5.97 Å². The number of nitrogens with one attached hydrogen (secondary N) is 1. The molecule has 1 aliphatic rings. The van der Waals surface area contributed by atoms with Gasteiger partial charge in [0.1, 0.15) is 11.2 Å². The summed E-state index contributed by atoms with van der Waals surface area (Å²) in [6.45, 7) is 0. The van der Waals surface area contributed by atoms with Crippen molar-refractivity contribution in [2.45, 2.75) is 32.1 Å². The van der Waals surface area contributed by atoms with Crippen LogP contribution >= 0.6 is 11.6 Å². The van der Waals surface area contributed by atoms with Crippen LogP contribution < -0.4 is 5.73 Å². The van der Waals surface area contributed by atoms with Gasteiger partial charge in [-0.3, -0.25) is 4.79 Å². The number of nitrogens with zero attached hydrogens (tertiary/aromatic N) is 3. The molecule has 0 atom stereocenters. The third kappa shape index (κ3) is 4.02. The van der Waals surface area contributed by atoms with E-state index in [4.69, 9.17) is 26.9 Å². The lowest BCUT2D eigenvalue weighted by atomic mass is 9.90. The van der Waals surface area contributed by atoms with Gasteiger partial charge in [-0.2, -0.15) is 0 Å². The Kier molecular flexibility index (Phi) is 5.35. The Morgan fingerprint density at radius 3 is 2.79 bits per heavy atom. The minimum absolute atomic E-state index is 0.0289. The fourth-order valence-electron chi connectivity index (χ4n) is 3.52. The Balaban J connectivity index is 0.000000192. The van der Waals surface area contributed by atoms with Crippen molar-refractivity contribution < 1.29 is 14.3 Å². The highest BCUT2D eigenvalue weighted by molar-refractivity contribution is 6.31. The van der Waals surface area contributed by atoms with E-state index >= 15 is 0 Å². The summed E-state index contributed by atoms with van der Waals surface area (Å²) in [5.74, 6) is 0.180. The number of pyridine rings is 1. The van der Waals surface area contributed by atoms with Gasteiger partial charge in [-0.25, -0.2) is 15.0 Å². The molecule has 29 heavy (non-hydrogen) atoms. The molecule has 4 heterocycles. The fourth-order valence-corrected chi connectivity index (χ4v) is 3.68. The smallest absolute Gasteiger partial charge is 0.306 e. The summed E-state index contributed by atoms with van der Waals surface area (Å²) in [7, 11) is 0. The molecular formula is C20H20ClN5O3. The van der Waals surface area contributed by atoms with Crippen molar-refractivity contribution in [2.24, 2.45) is 5.92 Å². The van der Waals surface area contributed by atoms with Crippen LogP contribution in [-0.4, -0.2) is 31.0 Å². The van der Waals surface area contributed by atoms with Gasteiger partial charge in [0.2, 0.25) is 0 Å². The molecule has 5 rings (SSSR count). The number of furan rings is 1. The lowest BCUT2D eigenvalue weighted by molar-refractivity contribution is -0.142. The van der Waals surface area contributed by atoms with Crippen LogP contribution in [0.5, 0.6) is 0 Å². The minimum Gasteiger partial charge on any atom is -0.481 e. The topological polar surface area (TPSA) is 131 Å². The molecule has 0 saturated heterocycles. The van der Waals surface area contributed by atoms with Crippen LogP contribution in [0.15, 0.2) is 35.2 Å². The van der Waals surface area contributed by atoms with E-state index in [2.05, 4.69) is 19.9 Å². The van der Waals surface area contributed by atoms with Gasteiger partial charge in [0.15, 0.2) is 17.2 Å². The highest BCUT2D eigenvalue weighted by Gasteiger charge is 2.19. The highest BCUT2D eigenvalue weighted by Crippen LogP contribution is 2.29. The molecule has 1 saturated carbocycles. The van der Waals surface area contributed by atoms with E-state index in [1.807, 2.05) is 6.07 Å². The summed E-state index contributed by atoms with van der Waals surface area (Å²) < 4.78 is 5.24. The first kappa shape index (κ1) is 19.2. The van der Waals surface area contributed by atoms with Gasteiger partial charge < -0.3 is 20.2 Å². The maximum Gasteiger partial charge on any atom is 0.306 e. The highest BCUT2D eigenvalue weighted by atomic mass is 35.5. The maximum atomic E-state index is 10.4. The van der Waals surface area contributed by atoms with Crippen molar-refractivity contribution in [3.05, 3.63) is 35.8 Å². The summed E-state index contributed by atoms with van der Waals surface area (Å²) in [5.41, 5.74) is 8.56. The molecule has 4 N–H and O–H groups in total. The third-order valence-corrected chi connectivity index (χ3v) is 5.23. The molecule has 0 bridgehead atoms. The molecule has 0 radical (unpaired) electrons. The second-order valence-corrected chi connectivity index (χ2v) is 7.43. The van der Waals surface area contributed by atoms with Gasteiger partial charge in [-0.05, 0) is 18.9 Å². The number of nitrogens with two attached hydrogens (primary N) is 1. The molecule has 1 fully saturated rings. The van der Waals surface area contributed by atoms with Crippen molar-refractivity contribution >= 4 is 45.5 Å². The molecule has 8 nitrogen and oxygen atoms in total. The van der Waals surface area contributed by atoms with Crippen LogP contribution in [0.3, 0.4) is 0 Å². The molecular weight excluding hydrogens is 394 g/mol. The lowest BCUT2D eigenvalue weighted by Gasteiger charge is -2.16. The fraction of sp³-hybridized carbons (Fsp3) is 0.300. The number of aromatic amines is 1. The van der Waals surface area contributed by atoms with Crippen LogP contribution in [-0.2, 0) is 4.79 Å². The largest absolute Gasteiger partial charge is 0.481 e. The summed E-state index contributed by atoms with van der Waals surface area (Å²) >= 11 is 5.99. The number of aliphatic carboxylic acids is 1. The number of rotatable bonds is 2. The summed E-state index contributed by atoms with van der Waals surface area (Å²) in [6, 6.07) is 3.56. The van der Waals surface area contributed by atoms with Crippen LogP contribution in [0.25, 0.3) is 33.5 Å². The van der Waals surface area contributed by atoms with Crippen molar-refractivity contribution in [1.29, 1.82) is 0 Å². The van der Waals surface area contributed by atoms with Crippen LogP contribution in [0, 0.1) is 5.92 Å². The number of carboxylic acids is 1. The van der Waals surface area contributed by atoms with Gasteiger partial charge in [0, 0.05) is 29.4 Å². The number of hydrogen-bond acceptors (Lipinski definition) is 6. The van der Waals surface area contributed by atoms with Crippen molar-refractivity contribution in [1.82, 2.24) is 19.9 Å². The van der Waals surface area contributed by atoms with Crippen LogP contribution in [0.4, 0.5) is 5.82 Å². The normalized spacial score (nSPS) is 14.7. The Bertz CT molecular complexity index is 1160. The predicted octanol–water partition coefficient (Wildman–Crippen LogP) is 4.65. The van der Waals surface area contributed by atoms with Gasteiger partial charge in [0.05, 0.1) is 17.2 Å². The maximum absolute atomic E-state index is 10.4.